The number of hydrogen-bond acceptors (Lipinski definition) is 2. The fourth-order valence-electron chi connectivity index (χ4n) is 8.86. The normalized spacial score (nSPS) is 11.6. The average molecular weight is 728 g/mol. The molecule has 9 aromatic carbocycles. The monoisotopic (exact) mass is 727 g/mol. The molecule has 2 heteroatoms. The first-order valence-electron chi connectivity index (χ1n) is 19.7. The van der Waals surface area contributed by atoms with Crippen LogP contribution in [0.5, 0.6) is 0 Å². The van der Waals surface area contributed by atoms with E-state index in [0.717, 1.165) is 62.7 Å². The van der Waals surface area contributed by atoms with Gasteiger partial charge < -0.3 is 4.42 Å². The number of hydrogen-bond donors (Lipinski definition) is 0. The van der Waals surface area contributed by atoms with Crippen molar-refractivity contribution in [2.45, 2.75) is 12.8 Å². The van der Waals surface area contributed by atoms with Gasteiger partial charge in [0.25, 0.3) is 0 Å². The van der Waals surface area contributed by atoms with Crippen molar-refractivity contribution in [2.24, 2.45) is 0 Å². The molecule has 0 radical (unpaired) electrons. The van der Waals surface area contributed by atoms with Gasteiger partial charge in [0.15, 0.2) is 0 Å². The summed E-state index contributed by atoms with van der Waals surface area (Å²) in [6, 6.07) is 72.1. The molecule has 0 atom stereocenters. The highest BCUT2D eigenvalue weighted by atomic mass is 16.3. The summed E-state index contributed by atoms with van der Waals surface area (Å²) in [4.78, 5) is 5.42. The molecule has 268 valence electrons. The maximum Gasteiger partial charge on any atom is 0.143 e. The lowest BCUT2D eigenvalue weighted by Gasteiger charge is -2.18. The van der Waals surface area contributed by atoms with E-state index >= 15 is 0 Å². The van der Waals surface area contributed by atoms with E-state index in [0.29, 0.717) is 0 Å². The van der Waals surface area contributed by atoms with Gasteiger partial charge in [-0.25, -0.2) is 4.98 Å². The minimum atomic E-state index is 0.802. The summed E-state index contributed by atoms with van der Waals surface area (Å²) in [5.74, 6) is 0. The van der Waals surface area contributed by atoms with Crippen LogP contribution in [0.4, 0.5) is 0 Å². The van der Waals surface area contributed by atoms with Crippen LogP contribution in [0.25, 0.3) is 87.9 Å². The second-order valence-electron chi connectivity index (χ2n) is 15.0. The maximum absolute atomic E-state index is 6.52. The molecule has 0 bridgehead atoms. The number of fused-ring (bicyclic) bond motifs is 9. The lowest BCUT2D eigenvalue weighted by atomic mass is 9.86. The van der Waals surface area contributed by atoms with E-state index in [1.54, 1.807) is 0 Å². The maximum atomic E-state index is 6.52. The molecule has 2 nitrogen and oxygen atoms in total. The van der Waals surface area contributed by atoms with Gasteiger partial charge >= 0.3 is 0 Å². The molecule has 0 amide bonds. The van der Waals surface area contributed by atoms with Crippen molar-refractivity contribution in [3.63, 3.8) is 0 Å². The zero-order valence-corrected chi connectivity index (χ0v) is 31.3. The highest BCUT2D eigenvalue weighted by Crippen LogP contribution is 2.40. The van der Waals surface area contributed by atoms with E-state index < -0.39 is 0 Å². The molecule has 0 saturated carbocycles. The van der Waals surface area contributed by atoms with E-state index in [2.05, 4.69) is 194 Å². The average Bonchev–Trinajstić information content (AvgIpc) is 3.66. The number of benzene rings is 9. The van der Waals surface area contributed by atoms with Crippen molar-refractivity contribution in [1.82, 2.24) is 4.98 Å². The van der Waals surface area contributed by atoms with Crippen molar-refractivity contribution in [3.8, 4) is 33.5 Å². The Morgan fingerprint density at radius 1 is 0.351 bits per heavy atom. The summed E-state index contributed by atoms with van der Waals surface area (Å²) in [5, 5.41) is 8.37. The summed E-state index contributed by atoms with van der Waals surface area (Å²) in [6.45, 7) is 0. The van der Waals surface area contributed by atoms with E-state index in [-0.39, 0.29) is 0 Å². The molecule has 0 N–H and O–H groups in total. The number of nitrogens with zero attached hydrogens (tertiary/aromatic N) is 1. The van der Waals surface area contributed by atoms with Gasteiger partial charge in [0.1, 0.15) is 11.2 Å². The topological polar surface area (TPSA) is 26.0 Å². The molecule has 57 heavy (non-hydrogen) atoms. The summed E-state index contributed by atoms with van der Waals surface area (Å²) >= 11 is 0. The van der Waals surface area contributed by atoms with Gasteiger partial charge in [0.05, 0.1) is 11.2 Å². The van der Waals surface area contributed by atoms with Gasteiger partial charge in [-0.15, -0.1) is 0 Å². The summed E-state index contributed by atoms with van der Waals surface area (Å²) in [7, 11) is 0. The Balaban J connectivity index is 1.09. The summed E-state index contributed by atoms with van der Waals surface area (Å²) in [5.41, 5.74) is 14.8. The van der Waals surface area contributed by atoms with Crippen molar-refractivity contribution >= 4 is 54.4 Å². The molecule has 0 aliphatic rings. The largest absolute Gasteiger partial charge is 0.455 e. The minimum absolute atomic E-state index is 0.802. The van der Waals surface area contributed by atoms with Gasteiger partial charge in [-0.3, -0.25) is 0 Å². The van der Waals surface area contributed by atoms with Gasteiger partial charge in [0.2, 0.25) is 0 Å². The van der Waals surface area contributed by atoms with Crippen LogP contribution in [-0.4, -0.2) is 4.98 Å². The Morgan fingerprint density at radius 3 is 1.53 bits per heavy atom. The lowest BCUT2D eigenvalue weighted by Crippen LogP contribution is -1.99. The zero-order valence-electron chi connectivity index (χ0n) is 31.3. The molecule has 2 aromatic heterocycles. The van der Waals surface area contributed by atoms with Crippen molar-refractivity contribution < 1.29 is 4.42 Å². The van der Waals surface area contributed by atoms with Gasteiger partial charge in [-0.1, -0.05) is 176 Å². The second-order valence-corrected chi connectivity index (χ2v) is 15.0. The quantitative estimate of drug-likeness (QED) is 0.153. The minimum Gasteiger partial charge on any atom is -0.455 e. The zero-order chi connectivity index (χ0) is 37.7. The van der Waals surface area contributed by atoms with Gasteiger partial charge in [-0.05, 0) is 92.2 Å². The Bertz CT molecular complexity index is 3250. The Labute approximate surface area is 331 Å². The van der Waals surface area contributed by atoms with Crippen LogP contribution in [0.1, 0.15) is 22.3 Å². The fraction of sp³-hybridized carbons (Fsp3) is 0.0364. The second kappa shape index (κ2) is 13.8. The number of rotatable bonds is 7. The first-order chi connectivity index (χ1) is 28.2. The molecule has 0 aliphatic carbocycles. The first-order valence-corrected chi connectivity index (χ1v) is 19.7. The number of para-hydroxylation sites is 2. The number of aromatic nitrogens is 1. The Kier molecular flexibility index (Phi) is 8.00. The third-order valence-corrected chi connectivity index (χ3v) is 11.6. The standard InChI is InChI=1S/C55H37NO/c1-3-14-36(15-4-1)32-40-34-38(44-23-13-24-51-48-21-11-12-25-53(48)57-55(44)51)26-28-42(40)43-29-27-39(35-41(43)33-37-16-5-2-6-17-37)52-31-30-50-47-20-8-7-18-45(47)46-19-9-10-22-49(46)54(50)56-52/h1-31,34-35H,32-33H2. The van der Waals surface area contributed by atoms with E-state index in [9.17, 15) is 0 Å². The highest BCUT2D eigenvalue weighted by Gasteiger charge is 2.18. The molecular formula is C55H37NO. The number of furan rings is 1. The fourth-order valence-corrected chi connectivity index (χ4v) is 8.86. The highest BCUT2D eigenvalue weighted by molar-refractivity contribution is 6.24. The van der Waals surface area contributed by atoms with Crippen molar-refractivity contribution in [2.75, 3.05) is 0 Å². The molecule has 2 heterocycles. The molecule has 0 fully saturated rings. The first kappa shape index (κ1) is 33.1. The smallest absolute Gasteiger partial charge is 0.143 e. The van der Waals surface area contributed by atoms with Crippen LogP contribution in [-0.2, 0) is 12.8 Å². The van der Waals surface area contributed by atoms with Crippen molar-refractivity contribution in [3.05, 3.63) is 222 Å². The molecule has 0 aliphatic heterocycles. The Morgan fingerprint density at radius 2 is 0.860 bits per heavy atom. The number of pyridine rings is 1. The van der Waals surface area contributed by atoms with E-state index in [1.807, 2.05) is 6.07 Å². The Hall–Kier alpha value is -7.29. The van der Waals surface area contributed by atoms with Crippen LogP contribution in [0.15, 0.2) is 205 Å². The summed E-state index contributed by atoms with van der Waals surface area (Å²) < 4.78 is 6.52. The predicted molar refractivity (Wildman–Crippen MR) is 239 cm³/mol. The third kappa shape index (κ3) is 5.86. The van der Waals surface area contributed by atoms with Crippen LogP contribution >= 0.6 is 0 Å². The van der Waals surface area contributed by atoms with Crippen molar-refractivity contribution in [1.29, 1.82) is 0 Å². The molecule has 0 saturated heterocycles. The summed E-state index contributed by atoms with van der Waals surface area (Å²) in [6.07, 6.45) is 1.61. The third-order valence-electron chi connectivity index (χ3n) is 11.6. The van der Waals surface area contributed by atoms with Crippen LogP contribution in [0, 0.1) is 0 Å². The van der Waals surface area contributed by atoms with E-state index in [4.69, 9.17) is 9.40 Å². The SMILES string of the molecule is c1ccc(Cc2cc(-c3ccc4c5ccccc5c5ccccc5c4n3)ccc2-c2ccc(-c3cccc4c3oc3ccccc34)cc2Cc2ccccc2)cc1. The molecular weight excluding hydrogens is 691 g/mol. The van der Waals surface area contributed by atoms with Crippen LogP contribution < -0.4 is 0 Å². The lowest BCUT2D eigenvalue weighted by molar-refractivity contribution is 0.670. The van der Waals surface area contributed by atoms with E-state index in [1.165, 1.54) is 60.3 Å². The molecule has 11 aromatic rings. The molecule has 0 spiro atoms. The van der Waals surface area contributed by atoms with Gasteiger partial charge in [-0.2, -0.15) is 0 Å². The predicted octanol–water partition coefficient (Wildman–Crippen LogP) is 14.6. The molecule has 11 rings (SSSR count). The van der Waals surface area contributed by atoms with Crippen LogP contribution in [0.2, 0.25) is 0 Å². The van der Waals surface area contributed by atoms with Crippen LogP contribution in [0.3, 0.4) is 0 Å². The van der Waals surface area contributed by atoms with Gasteiger partial charge in [0, 0.05) is 32.7 Å². The molecule has 0 unspecified atom stereocenters.